The number of hydrogen-bond acceptors (Lipinski definition) is 4. The molecule has 0 aromatic carbocycles. The van der Waals surface area contributed by atoms with E-state index < -0.39 is 5.82 Å². The van der Waals surface area contributed by atoms with Crippen molar-refractivity contribution in [2.24, 2.45) is 0 Å². The SMILES string of the molecule is CCNC(=O)c1sc2cncc(F)c2c1N. The minimum atomic E-state index is -0.498. The van der Waals surface area contributed by atoms with Crippen LogP contribution in [0.3, 0.4) is 0 Å². The third-order valence-electron chi connectivity index (χ3n) is 2.13. The van der Waals surface area contributed by atoms with E-state index in [-0.39, 0.29) is 17.0 Å². The van der Waals surface area contributed by atoms with Crippen molar-refractivity contribution in [3.63, 3.8) is 0 Å². The summed E-state index contributed by atoms with van der Waals surface area (Å²) in [6, 6.07) is 0. The van der Waals surface area contributed by atoms with E-state index >= 15 is 0 Å². The maximum absolute atomic E-state index is 13.4. The van der Waals surface area contributed by atoms with Gasteiger partial charge in [-0.25, -0.2) is 4.39 Å². The average Bonchev–Trinajstić information content (AvgIpc) is 2.58. The number of halogens is 1. The van der Waals surface area contributed by atoms with Crippen molar-refractivity contribution < 1.29 is 9.18 Å². The summed E-state index contributed by atoms with van der Waals surface area (Å²) in [4.78, 5) is 15.7. The lowest BCUT2D eigenvalue weighted by molar-refractivity contribution is 0.0960. The van der Waals surface area contributed by atoms with Crippen LogP contribution >= 0.6 is 11.3 Å². The lowest BCUT2D eigenvalue weighted by atomic mass is 10.2. The van der Waals surface area contributed by atoms with Crippen molar-refractivity contribution in [2.75, 3.05) is 12.3 Å². The fourth-order valence-corrected chi connectivity index (χ4v) is 2.46. The summed E-state index contributed by atoms with van der Waals surface area (Å²) in [5.41, 5.74) is 5.94. The molecule has 2 rings (SSSR count). The quantitative estimate of drug-likeness (QED) is 0.839. The Morgan fingerprint density at radius 3 is 3.00 bits per heavy atom. The molecule has 0 unspecified atom stereocenters. The van der Waals surface area contributed by atoms with Crippen molar-refractivity contribution in [1.82, 2.24) is 10.3 Å². The standard InChI is InChI=1S/C10H10FN3OS/c1-2-14-10(15)9-8(12)7-5(11)3-13-4-6(7)16-9/h3-4H,2,12H2,1H3,(H,14,15). The molecule has 84 valence electrons. The maximum atomic E-state index is 13.4. The minimum absolute atomic E-state index is 0.186. The average molecular weight is 239 g/mol. The van der Waals surface area contributed by atoms with Crippen LogP contribution in [0.25, 0.3) is 10.1 Å². The Hall–Kier alpha value is -1.69. The van der Waals surface area contributed by atoms with Gasteiger partial charge in [0, 0.05) is 12.7 Å². The number of aromatic nitrogens is 1. The predicted molar refractivity (Wildman–Crippen MR) is 62.0 cm³/mol. The first-order valence-electron chi connectivity index (χ1n) is 4.74. The lowest BCUT2D eigenvalue weighted by Gasteiger charge is -1.99. The Morgan fingerprint density at radius 1 is 1.62 bits per heavy atom. The second-order valence-electron chi connectivity index (χ2n) is 3.20. The summed E-state index contributed by atoms with van der Waals surface area (Å²) in [7, 11) is 0. The molecule has 6 heteroatoms. The number of nitrogen functional groups attached to an aromatic ring is 1. The molecule has 0 radical (unpaired) electrons. The number of pyridine rings is 1. The molecular weight excluding hydrogens is 229 g/mol. The number of hydrogen-bond donors (Lipinski definition) is 2. The number of fused-ring (bicyclic) bond motifs is 1. The summed E-state index contributed by atoms with van der Waals surface area (Å²) in [5.74, 6) is -0.776. The first-order chi connectivity index (χ1) is 7.65. The lowest BCUT2D eigenvalue weighted by Crippen LogP contribution is -2.22. The van der Waals surface area contributed by atoms with Crippen LogP contribution in [-0.4, -0.2) is 17.4 Å². The Balaban J connectivity index is 2.61. The van der Waals surface area contributed by atoms with Crippen LogP contribution in [0.1, 0.15) is 16.6 Å². The van der Waals surface area contributed by atoms with Gasteiger partial charge in [0.1, 0.15) is 4.88 Å². The number of nitrogens with one attached hydrogen (secondary N) is 1. The smallest absolute Gasteiger partial charge is 0.263 e. The first-order valence-corrected chi connectivity index (χ1v) is 5.56. The van der Waals surface area contributed by atoms with Gasteiger partial charge in [-0.05, 0) is 6.92 Å². The van der Waals surface area contributed by atoms with Crippen LogP contribution in [0.15, 0.2) is 12.4 Å². The monoisotopic (exact) mass is 239 g/mol. The highest BCUT2D eigenvalue weighted by molar-refractivity contribution is 7.21. The molecule has 4 nitrogen and oxygen atoms in total. The summed E-state index contributed by atoms with van der Waals surface area (Å²) in [6.07, 6.45) is 2.59. The number of carbonyl (C=O) groups is 1. The maximum Gasteiger partial charge on any atom is 0.263 e. The highest BCUT2D eigenvalue weighted by atomic mass is 32.1. The van der Waals surface area contributed by atoms with Crippen molar-refractivity contribution in [1.29, 1.82) is 0 Å². The number of anilines is 1. The number of thiophene rings is 1. The normalized spacial score (nSPS) is 10.6. The van der Waals surface area contributed by atoms with E-state index in [1.165, 1.54) is 6.20 Å². The molecule has 0 aliphatic rings. The highest BCUT2D eigenvalue weighted by Gasteiger charge is 2.18. The Labute approximate surface area is 95.3 Å². The molecule has 0 aliphatic carbocycles. The fourth-order valence-electron chi connectivity index (χ4n) is 1.44. The fraction of sp³-hybridized carbons (Fsp3) is 0.200. The molecule has 2 aromatic heterocycles. The Bertz CT molecular complexity index is 552. The summed E-state index contributed by atoms with van der Waals surface area (Å²) >= 11 is 1.15. The largest absolute Gasteiger partial charge is 0.397 e. The van der Waals surface area contributed by atoms with Crippen LogP contribution in [0.5, 0.6) is 0 Å². The number of nitrogens with two attached hydrogens (primary N) is 1. The second kappa shape index (κ2) is 4.05. The van der Waals surface area contributed by atoms with E-state index in [4.69, 9.17) is 5.73 Å². The summed E-state index contributed by atoms with van der Waals surface area (Å²) < 4.78 is 14.0. The van der Waals surface area contributed by atoms with E-state index in [1.54, 1.807) is 0 Å². The van der Waals surface area contributed by atoms with Crippen LogP contribution in [0.2, 0.25) is 0 Å². The summed E-state index contributed by atoms with van der Waals surface area (Å²) in [5, 5.41) is 2.91. The van der Waals surface area contributed by atoms with E-state index in [9.17, 15) is 9.18 Å². The van der Waals surface area contributed by atoms with E-state index in [0.717, 1.165) is 17.5 Å². The van der Waals surface area contributed by atoms with E-state index in [2.05, 4.69) is 10.3 Å². The van der Waals surface area contributed by atoms with E-state index in [1.807, 2.05) is 6.92 Å². The molecule has 2 aromatic rings. The van der Waals surface area contributed by atoms with Gasteiger partial charge in [0.25, 0.3) is 5.91 Å². The molecule has 0 bridgehead atoms. The van der Waals surface area contributed by atoms with Crippen molar-refractivity contribution in [2.45, 2.75) is 6.92 Å². The number of carbonyl (C=O) groups excluding carboxylic acids is 1. The summed E-state index contributed by atoms with van der Waals surface area (Å²) in [6.45, 7) is 2.32. The first kappa shape index (κ1) is 10.8. The number of amides is 1. The highest BCUT2D eigenvalue weighted by Crippen LogP contribution is 2.34. The molecule has 0 atom stereocenters. The molecule has 0 saturated carbocycles. The molecule has 1 amide bonds. The zero-order valence-electron chi connectivity index (χ0n) is 8.58. The van der Waals surface area contributed by atoms with Gasteiger partial charge < -0.3 is 11.1 Å². The zero-order chi connectivity index (χ0) is 11.7. The van der Waals surface area contributed by atoms with Crippen molar-refractivity contribution in [3.8, 4) is 0 Å². The van der Waals surface area contributed by atoms with Gasteiger partial charge in [-0.3, -0.25) is 9.78 Å². The number of rotatable bonds is 2. The molecule has 3 N–H and O–H groups in total. The Kier molecular flexibility index (Phi) is 2.74. The minimum Gasteiger partial charge on any atom is -0.397 e. The molecule has 0 aliphatic heterocycles. The Morgan fingerprint density at radius 2 is 2.38 bits per heavy atom. The van der Waals surface area contributed by atoms with Crippen LogP contribution in [-0.2, 0) is 0 Å². The topological polar surface area (TPSA) is 68.0 Å². The van der Waals surface area contributed by atoms with Crippen LogP contribution < -0.4 is 11.1 Å². The second-order valence-corrected chi connectivity index (χ2v) is 4.25. The molecule has 0 saturated heterocycles. The van der Waals surface area contributed by atoms with Gasteiger partial charge in [-0.1, -0.05) is 0 Å². The van der Waals surface area contributed by atoms with Crippen LogP contribution in [0.4, 0.5) is 10.1 Å². The van der Waals surface area contributed by atoms with E-state index in [0.29, 0.717) is 16.1 Å². The van der Waals surface area contributed by atoms with Gasteiger partial charge in [0.2, 0.25) is 0 Å². The molecule has 0 spiro atoms. The third-order valence-corrected chi connectivity index (χ3v) is 3.27. The number of nitrogens with zero attached hydrogens (tertiary/aromatic N) is 1. The predicted octanol–water partition coefficient (Wildman–Crippen LogP) is 1.77. The molecular formula is C10H10FN3OS. The molecule has 2 heterocycles. The zero-order valence-corrected chi connectivity index (χ0v) is 9.40. The van der Waals surface area contributed by atoms with Gasteiger partial charge in [-0.2, -0.15) is 0 Å². The van der Waals surface area contributed by atoms with Gasteiger partial charge in [0.15, 0.2) is 5.82 Å². The third kappa shape index (κ3) is 1.61. The van der Waals surface area contributed by atoms with Gasteiger partial charge in [0.05, 0.1) is 22.0 Å². The van der Waals surface area contributed by atoms with Gasteiger partial charge >= 0.3 is 0 Å². The molecule has 16 heavy (non-hydrogen) atoms. The molecule has 0 fully saturated rings. The van der Waals surface area contributed by atoms with Crippen molar-refractivity contribution >= 4 is 33.0 Å². The van der Waals surface area contributed by atoms with Crippen molar-refractivity contribution in [3.05, 3.63) is 23.1 Å². The van der Waals surface area contributed by atoms with Gasteiger partial charge in [-0.15, -0.1) is 11.3 Å². The van der Waals surface area contributed by atoms with Crippen LogP contribution in [0, 0.1) is 5.82 Å².